The van der Waals surface area contributed by atoms with Crippen LogP contribution < -0.4 is 10.6 Å². The zero-order chi connectivity index (χ0) is 22.0. The number of carbonyl (C=O) groups excluding carboxylic acids is 1. The van der Waals surface area contributed by atoms with E-state index in [2.05, 4.69) is 35.9 Å². The third-order valence-corrected chi connectivity index (χ3v) is 4.80. The van der Waals surface area contributed by atoms with Gasteiger partial charge in [0.2, 0.25) is 0 Å². The van der Waals surface area contributed by atoms with Crippen LogP contribution in [-0.4, -0.2) is 47.7 Å². The summed E-state index contributed by atoms with van der Waals surface area (Å²) < 4.78 is 7.34. The Morgan fingerprint density at radius 3 is 2.55 bits per heavy atom. The van der Waals surface area contributed by atoms with Crippen molar-refractivity contribution in [2.24, 2.45) is 5.92 Å². The molecular formula is C19H20ClN9O2. The van der Waals surface area contributed by atoms with Gasteiger partial charge in [-0.15, -0.1) is 4.80 Å². The number of hydrogen-bond acceptors (Lipinski definition) is 7. The molecule has 160 valence electrons. The SMILES string of the molecule is COC(c1c(NC(=O)Nc2cnc(-n3nccn3)c(Cl)c2)cnc2ccnn12)C(C)C. The number of hydrogen-bond donors (Lipinski definition) is 2. The minimum absolute atomic E-state index is 0.134. The maximum Gasteiger partial charge on any atom is 0.323 e. The molecule has 0 aromatic carbocycles. The third kappa shape index (κ3) is 4.18. The Kier molecular flexibility index (Phi) is 5.78. The largest absolute Gasteiger partial charge is 0.375 e. The van der Waals surface area contributed by atoms with Gasteiger partial charge in [-0.05, 0) is 12.0 Å². The summed E-state index contributed by atoms with van der Waals surface area (Å²) in [6.07, 6.45) is 7.42. The summed E-state index contributed by atoms with van der Waals surface area (Å²) in [6, 6.07) is 2.86. The van der Waals surface area contributed by atoms with Crippen molar-refractivity contribution >= 4 is 34.7 Å². The summed E-state index contributed by atoms with van der Waals surface area (Å²) in [4.78, 5) is 22.5. The average molecular weight is 442 g/mol. The summed E-state index contributed by atoms with van der Waals surface area (Å²) >= 11 is 6.26. The lowest BCUT2D eigenvalue weighted by Crippen LogP contribution is -2.24. The smallest absolute Gasteiger partial charge is 0.323 e. The molecule has 0 saturated carbocycles. The van der Waals surface area contributed by atoms with E-state index in [4.69, 9.17) is 16.3 Å². The molecular weight excluding hydrogens is 422 g/mol. The summed E-state index contributed by atoms with van der Waals surface area (Å²) in [5, 5.41) is 18.1. The molecule has 11 nitrogen and oxygen atoms in total. The van der Waals surface area contributed by atoms with Crippen LogP contribution in [0.4, 0.5) is 16.2 Å². The van der Waals surface area contributed by atoms with Crippen LogP contribution in [0.3, 0.4) is 0 Å². The lowest BCUT2D eigenvalue weighted by atomic mass is 10.0. The molecule has 0 spiro atoms. The number of anilines is 2. The van der Waals surface area contributed by atoms with Gasteiger partial charge < -0.3 is 15.4 Å². The maximum absolute atomic E-state index is 12.7. The van der Waals surface area contributed by atoms with Gasteiger partial charge in [-0.2, -0.15) is 15.3 Å². The number of methoxy groups -OCH3 is 1. The molecule has 0 saturated heterocycles. The summed E-state index contributed by atoms with van der Waals surface area (Å²) in [7, 11) is 1.62. The van der Waals surface area contributed by atoms with Gasteiger partial charge in [0.15, 0.2) is 11.5 Å². The lowest BCUT2D eigenvalue weighted by Gasteiger charge is -2.23. The fourth-order valence-corrected chi connectivity index (χ4v) is 3.46. The molecule has 0 fully saturated rings. The summed E-state index contributed by atoms with van der Waals surface area (Å²) in [5.41, 5.74) is 2.23. The number of pyridine rings is 1. The Morgan fingerprint density at radius 1 is 1.10 bits per heavy atom. The minimum atomic E-state index is -0.490. The maximum atomic E-state index is 12.7. The van der Waals surface area contributed by atoms with Crippen molar-refractivity contribution in [1.82, 2.24) is 34.6 Å². The number of halogens is 1. The highest BCUT2D eigenvalue weighted by Gasteiger charge is 2.24. The first-order chi connectivity index (χ1) is 15.0. The second kappa shape index (κ2) is 8.66. The Morgan fingerprint density at radius 2 is 1.87 bits per heavy atom. The van der Waals surface area contributed by atoms with Crippen molar-refractivity contribution < 1.29 is 9.53 Å². The summed E-state index contributed by atoms with van der Waals surface area (Å²) in [5.74, 6) is 0.489. The molecule has 1 atom stereocenters. The topological polar surface area (TPSA) is 124 Å². The molecule has 4 heterocycles. The van der Waals surface area contributed by atoms with Crippen LogP contribution in [-0.2, 0) is 4.74 Å². The number of nitrogens with zero attached hydrogens (tertiary/aromatic N) is 7. The normalized spacial score (nSPS) is 12.3. The highest BCUT2D eigenvalue weighted by Crippen LogP contribution is 2.31. The van der Waals surface area contributed by atoms with E-state index in [1.807, 2.05) is 13.8 Å². The van der Waals surface area contributed by atoms with Gasteiger partial charge in [-0.25, -0.2) is 19.3 Å². The molecule has 0 aliphatic carbocycles. The quantitative estimate of drug-likeness (QED) is 0.470. The fraction of sp³-hybridized carbons (Fsp3) is 0.263. The second-order valence-electron chi connectivity index (χ2n) is 6.99. The molecule has 1 unspecified atom stereocenters. The highest BCUT2D eigenvalue weighted by molar-refractivity contribution is 6.32. The molecule has 4 aromatic rings. The highest BCUT2D eigenvalue weighted by atomic mass is 35.5. The van der Waals surface area contributed by atoms with Crippen molar-refractivity contribution in [3.8, 4) is 5.82 Å². The van der Waals surface area contributed by atoms with Gasteiger partial charge >= 0.3 is 6.03 Å². The zero-order valence-electron chi connectivity index (χ0n) is 17.0. The number of rotatable bonds is 6. The summed E-state index contributed by atoms with van der Waals surface area (Å²) in [6.45, 7) is 4.05. The van der Waals surface area contributed by atoms with Crippen molar-refractivity contribution in [1.29, 1.82) is 0 Å². The minimum Gasteiger partial charge on any atom is -0.375 e. The molecule has 31 heavy (non-hydrogen) atoms. The zero-order valence-corrected chi connectivity index (χ0v) is 17.8. The van der Waals surface area contributed by atoms with Crippen molar-refractivity contribution in [2.45, 2.75) is 20.0 Å². The van der Waals surface area contributed by atoms with Crippen LogP contribution in [0.15, 0.2) is 43.1 Å². The van der Waals surface area contributed by atoms with Crippen LogP contribution in [0.1, 0.15) is 25.6 Å². The van der Waals surface area contributed by atoms with Crippen LogP contribution in [0.25, 0.3) is 11.5 Å². The number of ether oxygens (including phenoxy) is 1. The van der Waals surface area contributed by atoms with Gasteiger partial charge in [0.25, 0.3) is 0 Å². The van der Waals surface area contributed by atoms with Gasteiger partial charge in [0.05, 0.1) is 53.1 Å². The first kappa shape index (κ1) is 20.7. The van der Waals surface area contributed by atoms with E-state index in [0.717, 1.165) is 0 Å². The predicted molar refractivity (Wildman–Crippen MR) is 114 cm³/mol. The predicted octanol–water partition coefficient (Wildman–Crippen LogP) is 3.35. The van der Waals surface area contributed by atoms with E-state index >= 15 is 0 Å². The first-order valence-corrected chi connectivity index (χ1v) is 9.81. The second-order valence-corrected chi connectivity index (χ2v) is 7.39. The van der Waals surface area contributed by atoms with E-state index in [1.165, 1.54) is 23.4 Å². The molecule has 2 N–H and O–H groups in total. The number of carbonyl (C=O) groups is 1. The van der Waals surface area contributed by atoms with Gasteiger partial charge in [0, 0.05) is 13.2 Å². The van der Waals surface area contributed by atoms with E-state index in [1.54, 1.807) is 36.2 Å². The van der Waals surface area contributed by atoms with Crippen LogP contribution >= 0.6 is 11.6 Å². The van der Waals surface area contributed by atoms with E-state index in [9.17, 15) is 4.79 Å². The van der Waals surface area contributed by atoms with Gasteiger partial charge in [-0.1, -0.05) is 25.4 Å². The molecule has 2 amide bonds. The molecule has 0 aliphatic heterocycles. The van der Waals surface area contributed by atoms with Crippen molar-refractivity contribution in [2.75, 3.05) is 17.7 Å². The Hall–Kier alpha value is -3.57. The monoisotopic (exact) mass is 441 g/mol. The molecule has 0 radical (unpaired) electrons. The molecule has 4 aromatic heterocycles. The Bertz CT molecular complexity index is 1210. The van der Waals surface area contributed by atoms with Crippen LogP contribution in [0.5, 0.6) is 0 Å². The van der Waals surface area contributed by atoms with Crippen LogP contribution in [0, 0.1) is 5.92 Å². The third-order valence-electron chi connectivity index (χ3n) is 4.52. The number of fused-ring (bicyclic) bond motifs is 1. The van der Waals surface area contributed by atoms with E-state index in [0.29, 0.717) is 28.5 Å². The molecule has 0 aliphatic rings. The van der Waals surface area contributed by atoms with Crippen molar-refractivity contribution in [3.05, 3.63) is 53.8 Å². The van der Waals surface area contributed by atoms with Gasteiger partial charge in [-0.3, -0.25) is 0 Å². The fourth-order valence-electron chi connectivity index (χ4n) is 3.22. The number of urea groups is 1. The van der Waals surface area contributed by atoms with E-state index in [-0.39, 0.29) is 17.0 Å². The van der Waals surface area contributed by atoms with Crippen molar-refractivity contribution in [3.63, 3.8) is 0 Å². The molecule has 4 rings (SSSR count). The lowest BCUT2D eigenvalue weighted by molar-refractivity contribution is 0.0600. The van der Waals surface area contributed by atoms with Crippen LogP contribution in [0.2, 0.25) is 5.02 Å². The standard InChI is InChI=1S/C19H20ClN9O2/c1-11(2)17(31-3)16-14(10-21-15-4-5-23-28(15)16)27-19(30)26-12-8-13(20)18(22-9-12)29-24-6-7-25-29/h4-11,17H,1-3H3,(H2,26,27,30). The Labute approximate surface area is 182 Å². The average Bonchev–Trinajstić information content (AvgIpc) is 3.41. The number of aromatic nitrogens is 7. The van der Waals surface area contributed by atoms with Gasteiger partial charge in [0.1, 0.15) is 6.10 Å². The Balaban J connectivity index is 1.58. The number of amides is 2. The molecule has 12 heteroatoms. The number of nitrogens with one attached hydrogen (secondary N) is 2. The van der Waals surface area contributed by atoms with E-state index < -0.39 is 6.03 Å². The molecule has 0 bridgehead atoms. The first-order valence-electron chi connectivity index (χ1n) is 9.43.